The van der Waals surface area contributed by atoms with Gasteiger partial charge in [0.15, 0.2) is 0 Å². The van der Waals surface area contributed by atoms with Crippen molar-refractivity contribution < 1.29 is 19.4 Å². The monoisotopic (exact) mass is 408 g/mol. The molecule has 3 rings (SSSR count). The number of hydrogen-bond donors (Lipinski definition) is 1. The molecule has 0 radical (unpaired) electrons. The number of nitriles is 1. The van der Waals surface area contributed by atoms with Gasteiger partial charge in [-0.15, -0.1) is 0 Å². The number of aliphatic carboxylic acids is 1. The predicted molar refractivity (Wildman–Crippen MR) is 111 cm³/mol. The van der Waals surface area contributed by atoms with E-state index in [0.717, 1.165) is 44.8 Å². The van der Waals surface area contributed by atoms with Crippen molar-refractivity contribution in [3.05, 3.63) is 59.2 Å². The van der Waals surface area contributed by atoms with Crippen molar-refractivity contribution in [1.29, 1.82) is 5.26 Å². The van der Waals surface area contributed by atoms with E-state index < -0.39 is 12.0 Å². The molecule has 158 valence electrons. The molecule has 1 heterocycles. The van der Waals surface area contributed by atoms with Crippen molar-refractivity contribution in [3.63, 3.8) is 0 Å². The molecule has 1 atom stereocenters. The van der Waals surface area contributed by atoms with Gasteiger partial charge in [0.1, 0.15) is 12.4 Å². The van der Waals surface area contributed by atoms with Gasteiger partial charge in [-0.05, 0) is 48.4 Å². The Morgan fingerprint density at radius 1 is 1.27 bits per heavy atom. The fraction of sp³-hybridized carbons (Fsp3) is 0.391. The summed E-state index contributed by atoms with van der Waals surface area (Å²) in [5, 5.41) is 23.9. The van der Waals surface area contributed by atoms with Crippen LogP contribution in [-0.2, 0) is 16.0 Å². The predicted octanol–water partition coefficient (Wildman–Crippen LogP) is 1.73. The lowest BCUT2D eigenvalue weighted by atomic mass is 10.0. The molecule has 2 aromatic carbocycles. The summed E-state index contributed by atoms with van der Waals surface area (Å²) in [6, 6.07) is 13.2. The Bertz CT molecular complexity index is 886. The van der Waals surface area contributed by atoms with Crippen LogP contribution >= 0.6 is 0 Å². The van der Waals surface area contributed by atoms with E-state index in [2.05, 4.69) is 10.2 Å². The van der Waals surface area contributed by atoms with Crippen LogP contribution in [0.4, 0.5) is 5.69 Å². The molecule has 1 aliphatic heterocycles. The number of nitrogens with one attached hydrogen (secondary N) is 1. The van der Waals surface area contributed by atoms with Crippen molar-refractivity contribution in [2.45, 2.75) is 19.4 Å². The maximum absolute atomic E-state index is 12.0. The minimum Gasteiger partial charge on any atom is -0.548 e. The van der Waals surface area contributed by atoms with Crippen LogP contribution in [0, 0.1) is 11.3 Å². The van der Waals surface area contributed by atoms with Gasteiger partial charge in [0.2, 0.25) is 0 Å². The first-order valence-corrected chi connectivity index (χ1v) is 10.1. The van der Waals surface area contributed by atoms with Gasteiger partial charge >= 0.3 is 0 Å². The Hall–Kier alpha value is -3.08. The summed E-state index contributed by atoms with van der Waals surface area (Å²) in [5.74, 6) is -0.721. The van der Waals surface area contributed by atoms with E-state index >= 15 is 0 Å². The maximum atomic E-state index is 12.0. The molecule has 2 aromatic rings. The summed E-state index contributed by atoms with van der Waals surface area (Å²) < 4.78 is 11.3. The lowest BCUT2D eigenvalue weighted by Gasteiger charge is -2.27. The van der Waals surface area contributed by atoms with Gasteiger partial charge < -0.3 is 24.7 Å². The molecule has 1 saturated heterocycles. The first-order chi connectivity index (χ1) is 14.6. The number of ether oxygens (including phenoxy) is 2. The van der Waals surface area contributed by atoms with E-state index in [-0.39, 0.29) is 0 Å². The normalized spacial score (nSPS) is 15.2. The van der Waals surface area contributed by atoms with Crippen molar-refractivity contribution >= 4 is 11.7 Å². The van der Waals surface area contributed by atoms with Crippen LogP contribution < -0.4 is 15.2 Å². The molecule has 1 N–H and O–H groups in total. The molecule has 1 unspecified atom stereocenters. The fourth-order valence-corrected chi connectivity index (χ4v) is 3.36. The van der Waals surface area contributed by atoms with Crippen LogP contribution in [0.25, 0.3) is 0 Å². The Balaban J connectivity index is 1.78. The molecule has 0 spiro atoms. The average Bonchev–Trinajstić information content (AvgIpc) is 2.78. The minimum absolute atomic E-state index is 0.453. The number of anilines is 1. The highest BCUT2D eigenvalue weighted by molar-refractivity contribution is 5.79. The molecule has 0 bridgehead atoms. The summed E-state index contributed by atoms with van der Waals surface area (Å²) in [5.41, 5.74) is 2.63. The first-order valence-electron chi connectivity index (χ1n) is 10.1. The van der Waals surface area contributed by atoms with Crippen LogP contribution in [0.1, 0.15) is 29.7 Å². The zero-order chi connectivity index (χ0) is 21.3. The third-order valence-electron chi connectivity index (χ3n) is 5.12. The molecule has 7 nitrogen and oxygen atoms in total. The SMILES string of the molecule is CCc1ccc(OCCN2CCOCC2)c(C(Nc2ccc(C#N)cc2)C(=O)[O-])c1. The number of carboxylic acid groups (broad SMARTS) is 1. The van der Waals surface area contributed by atoms with E-state index in [0.29, 0.717) is 29.2 Å². The van der Waals surface area contributed by atoms with Crippen LogP contribution in [0.15, 0.2) is 42.5 Å². The van der Waals surface area contributed by atoms with Gasteiger partial charge in [0.25, 0.3) is 0 Å². The molecule has 30 heavy (non-hydrogen) atoms. The minimum atomic E-state index is -1.24. The van der Waals surface area contributed by atoms with Crippen LogP contribution in [-0.4, -0.2) is 50.3 Å². The van der Waals surface area contributed by atoms with Crippen molar-refractivity contribution in [2.24, 2.45) is 0 Å². The number of hydrogen-bond acceptors (Lipinski definition) is 7. The van der Waals surface area contributed by atoms with Crippen molar-refractivity contribution in [2.75, 3.05) is 44.8 Å². The quantitative estimate of drug-likeness (QED) is 0.675. The molecule has 0 saturated carbocycles. The Morgan fingerprint density at radius 3 is 2.63 bits per heavy atom. The molecule has 0 aliphatic carbocycles. The summed E-state index contributed by atoms with van der Waals surface area (Å²) in [4.78, 5) is 14.3. The highest BCUT2D eigenvalue weighted by atomic mass is 16.5. The molecule has 0 amide bonds. The maximum Gasteiger partial charge on any atom is 0.125 e. The third kappa shape index (κ3) is 5.72. The number of morpholine rings is 1. The van der Waals surface area contributed by atoms with Crippen LogP contribution in [0.5, 0.6) is 5.75 Å². The number of benzene rings is 2. The molecule has 1 aliphatic rings. The van der Waals surface area contributed by atoms with Gasteiger partial charge in [0.05, 0.1) is 36.9 Å². The van der Waals surface area contributed by atoms with E-state index in [1.165, 1.54) is 0 Å². The number of carbonyl (C=O) groups is 1. The second-order valence-electron chi connectivity index (χ2n) is 7.11. The molecular weight excluding hydrogens is 382 g/mol. The van der Waals surface area contributed by atoms with Crippen LogP contribution in [0.2, 0.25) is 0 Å². The van der Waals surface area contributed by atoms with Gasteiger partial charge in [-0.25, -0.2) is 0 Å². The second kappa shape index (κ2) is 10.6. The number of nitrogens with zero attached hydrogens (tertiary/aromatic N) is 2. The summed E-state index contributed by atoms with van der Waals surface area (Å²) >= 11 is 0. The molecule has 7 heteroatoms. The third-order valence-corrected chi connectivity index (χ3v) is 5.12. The topological polar surface area (TPSA) is 97.7 Å². The van der Waals surface area contributed by atoms with E-state index in [4.69, 9.17) is 14.7 Å². The largest absolute Gasteiger partial charge is 0.548 e. The summed E-state index contributed by atoms with van der Waals surface area (Å²) in [6.07, 6.45) is 0.775. The van der Waals surface area contributed by atoms with Gasteiger partial charge in [0, 0.05) is 30.9 Å². The van der Waals surface area contributed by atoms with Gasteiger partial charge in [-0.1, -0.05) is 13.0 Å². The zero-order valence-electron chi connectivity index (χ0n) is 17.1. The van der Waals surface area contributed by atoms with Crippen molar-refractivity contribution in [1.82, 2.24) is 4.90 Å². The Labute approximate surface area is 176 Å². The highest BCUT2D eigenvalue weighted by Gasteiger charge is 2.19. The lowest BCUT2D eigenvalue weighted by molar-refractivity contribution is -0.307. The number of carbonyl (C=O) groups excluding carboxylic acids is 1. The zero-order valence-corrected chi connectivity index (χ0v) is 17.1. The number of aryl methyl sites for hydroxylation is 1. The van der Waals surface area contributed by atoms with E-state index in [1.807, 2.05) is 31.2 Å². The van der Waals surface area contributed by atoms with E-state index in [9.17, 15) is 9.90 Å². The van der Waals surface area contributed by atoms with Crippen LogP contribution in [0.3, 0.4) is 0 Å². The molecule has 0 aromatic heterocycles. The number of carboxylic acids is 1. The smallest absolute Gasteiger partial charge is 0.125 e. The molecule has 1 fully saturated rings. The molecular formula is C23H26N3O4-. The van der Waals surface area contributed by atoms with Gasteiger partial charge in [-0.2, -0.15) is 5.26 Å². The first kappa shape index (κ1) is 21.6. The Morgan fingerprint density at radius 2 is 2.00 bits per heavy atom. The van der Waals surface area contributed by atoms with Crippen molar-refractivity contribution in [3.8, 4) is 11.8 Å². The number of rotatable bonds is 9. The second-order valence-corrected chi connectivity index (χ2v) is 7.11. The lowest BCUT2D eigenvalue weighted by Crippen LogP contribution is -2.39. The standard InChI is InChI=1S/C23H27N3O4/c1-2-17-5-8-21(30-14-11-26-9-12-29-13-10-26)20(15-17)22(23(27)28)25-19-6-3-18(16-24)4-7-19/h3-8,15,22,25H,2,9-14H2,1H3,(H,27,28)/p-1. The highest BCUT2D eigenvalue weighted by Crippen LogP contribution is 2.30. The summed E-state index contributed by atoms with van der Waals surface area (Å²) in [7, 11) is 0. The van der Waals surface area contributed by atoms with E-state index in [1.54, 1.807) is 24.3 Å². The average molecular weight is 408 g/mol. The summed E-state index contributed by atoms with van der Waals surface area (Å²) in [6.45, 7) is 6.39. The Kier molecular flexibility index (Phi) is 7.66. The van der Waals surface area contributed by atoms with Gasteiger partial charge in [-0.3, -0.25) is 4.90 Å². The fourth-order valence-electron chi connectivity index (χ4n) is 3.36.